The number of benzene rings is 1. The number of esters is 1. The van der Waals surface area contributed by atoms with Crippen LogP contribution in [0.1, 0.15) is 20.8 Å². The zero-order valence-corrected chi connectivity index (χ0v) is 14.3. The molecule has 1 aromatic rings. The number of anilines is 2. The molecule has 1 N–H and O–H groups in total. The van der Waals surface area contributed by atoms with E-state index in [-0.39, 0.29) is 0 Å². The molecule has 1 aromatic carbocycles. The van der Waals surface area contributed by atoms with E-state index in [0.29, 0.717) is 17.8 Å². The second kappa shape index (κ2) is 7.21. The van der Waals surface area contributed by atoms with E-state index in [2.05, 4.69) is 5.32 Å². The molecule has 1 heterocycles. The number of hydrogen-bond donors (Lipinski definition) is 1. The molecule has 1 amide bonds. The summed E-state index contributed by atoms with van der Waals surface area (Å²) in [5.74, 6) is -0.409. The Kier molecular flexibility index (Phi) is 5.28. The molecule has 24 heavy (non-hydrogen) atoms. The minimum absolute atomic E-state index is 0.409. The number of ether oxygens (including phenoxy) is 2. The van der Waals surface area contributed by atoms with Gasteiger partial charge >= 0.3 is 12.1 Å². The van der Waals surface area contributed by atoms with Gasteiger partial charge in [0.05, 0.1) is 24.1 Å². The third-order valence-corrected chi connectivity index (χ3v) is 3.16. The van der Waals surface area contributed by atoms with Crippen molar-refractivity contribution in [3.63, 3.8) is 0 Å². The molecule has 2 rings (SSSR count). The van der Waals surface area contributed by atoms with Crippen molar-refractivity contribution in [1.82, 2.24) is 0 Å². The van der Waals surface area contributed by atoms with Crippen LogP contribution in [0.3, 0.4) is 0 Å². The second-order valence-electron chi connectivity index (χ2n) is 6.27. The molecule has 1 aliphatic heterocycles. The second-order valence-corrected chi connectivity index (χ2v) is 6.27. The van der Waals surface area contributed by atoms with Crippen molar-refractivity contribution in [2.24, 2.45) is 0 Å². The molecule has 0 unspecified atom stereocenters. The lowest BCUT2D eigenvalue weighted by Crippen LogP contribution is -2.28. The zero-order valence-electron chi connectivity index (χ0n) is 14.3. The Labute approximate surface area is 141 Å². The SMILES string of the molecule is COC(=O)C1=CN(c2ccccc2NC(=O)OC(C)(C)C)CC=C1. The molecule has 6 heteroatoms. The highest BCUT2D eigenvalue weighted by Crippen LogP contribution is 2.28. The van der Waals surface area contributed by atoms with Crippen molar-refractivity contribution in [3.05, 3.63) is 48.2 Å². The summed E-state index contributed by atoms with van der Waals surface area (Å²) in [6.45, 7) is 5.99. The van der Waals surface area contributed by atoms with Crippen molar-refractivity contribution in [1.29, 1.82) is 0 Å². The number of para-hydroxylation sites is 2. The van der Waals surface area contributed by atoms with Crippen LogP contribution in [0, 0.1) is 0 Å². The fraction of sp³-hybridized carbons (Fsp3) is 0.333. The van der Waals surface area contributed by atoms with E-state index in [0.717, 1.165) is 5.69 Å². The van der Waals surface area contributed by atoms with Crippen molar-refractivity contribution in [2.45, 2.75) is 26.4 Å². The monoisotopic (exact) mass is 330 g/mol. The first-order valence-electron chi connectivity index (χ1n) is 7.62. The van der Waals surface area contributed by atoms with Crippen LogP contribution >= 0.6 is 0 Å². The normalized spacial score (nSPS) is 14.0. The van der Waals surface area contributed by atoms with Gasteiger partial charge in [-0.25, -0.2) is 9.59 Å². The van der Waals surface area contributed by atoms with Crippen LogP contribution in [0.25, 0.3) is 0 Å². The van der Waals surface area contributed by atoms with Gasteiger partial charge in [-0.15, -0.1) is 0 Å². The summed E-state index contributed by atoms with van der Waals surface area (Å²) in [6, 6.07) is 7.32. The highest BCUT2D eigenvalue weighted by atomic mass is 16.6. The maximum Gasteiger partial charge on any atom is 0.412 e. The van der Waals surface area contributed by atoms with Crippen molar-refractivity contribution >= 4 is 23.4 Å². The first-order chi connectivity index (χ1) is 11.3. The molecular weight excluding hydrogens is 308 g/mol. The Balaban J connectivity index is 2.23. The first kappa shape index (κ1) is 17.6. The van der Waals surface area contributed by atoms with Gasteiger partial charge in [-0.3, -0.25) is 5.32 Å². The van der Waals surface area contributed by atoms with Crippen molar-refractivity contribution in [3.8, 4) is 0 Å². The maximum atomic E-state index is 12.0. The standard InChI is InChI=1S/C18H22N2O4/c1-18(2,3)24-17(22)19-14-9-5-6-10-15(14)20-11-7-8-13(12-20)16(21)23-4/h5-10,12H,11H2,1-4H3,(H,19,22). The van der Waals surface area contributed by atoms with E-state index in [1.807, 2.05) is 29.2 Å². The predicted octanol–water partition coefficient (Wildman–Crippen LogP) is 3.47. The van der Waals surface area contributed by atoms with Gasteiger partial charge < -0.3 is 14.4 Å². The average Bonchev–Trinajstić information content (AvgIpc) is 2.53. The molecule has 0 aromatic heterocycles. The van der Waals surface area contributed by atoms with Crippen LogP contribution in [0.2, 0.25) is 0 Å². The summed E-state index contributed by atoms with van der Waals surface area (Å²) >= 11 is 0. The van der Waals surface area contributed by atoms with Gasteiger partial charge in [0, 0.05) is 12.7 Å². The van der Waals surface area contributed by atoms with Gasteiger partial charge in [0.15, 0.2) is 0 Å². The van der Waals surface area contributed by atoms with Crippen LogP contribution in [-0.2, 0) is 14.3 Å². The lowest BCUT2D eigenvalue weighted by molar-refractivity contribution is -0.135. The van der Waals surface area contributed by atoms with E-state index < -0.39 is 17.7 Å². The van der Waals surface area contributed by atoms with Gasteiger partial charge in [0.2, 0.25) is 0 Å². The summed E-state index contributed by atoms with van der Waals surface area (Å²) in [4.78, 5) is 25.6. The smallest absolute Gasteiger partial charge is 0.412 e. The lowest BCUT2D eigenvalue weighted by Gasteiger charge is -2.26. The van der Waals surface area contributed by atoms with Crippen LogP contribution < -0.4 is 10.2 Å². The minimum atomic E-state index is -0.579. The Bertz CT molecular complexity index is 687. The van der Waals surface area contributed by atoms with Crippen LogP contribution in [0.15, 0.2) is 48.2 Å². The predicted molar refractivity (Wildman–Crippen MR) is 92.9 cm³/mol. The van der Waals surface area contributed by atoms with Gasteiger partial charge in [0.1, 0.15) is 5.60 Å². The number of carbonyl (C=O) groups is 2. The Hall–Kier alpha value is -2.76. The van der Waals surface area contributed by atoms with Crippen molar-refractivity contribution in [2.75, 3.05) is 23.9 Å². The fourth-order valence-corrected chi connectivity index (χ4v) is 2.21. The van der Waals surface area contributed by atoms with Crippen LogP contribution in [0.5, 0.6) is 0 Å². The summed E-state index contributed by atoms with van der Waals surface area (Å²) in [7, 11) is 1.34. The van der Waals surface area contributed by atoms with E-state index in [1.165, 1.54) is 7.11 Å². The summed E-state index contributed by atoms with van der Waals surface area (Å²) in [5.41, 5.74) is 1.22. The fourth-order valence-electron chi connectivity index (χ4n) is 2.21. The molecule has 0 atom stereocenters. The van der Waals surface area contributed by atoms with Gasteiger partial charge in [-0.05, 0) is 39.0 Å². The molecule has 0 saturated carbocycles. The molecule has 0 aliphatic carbocycles. The molecule has 1 aliphatic rings. The number of rotatable bonds is 3. The Morgan fingerprint density at radius 3 is 2.58 bits per heavy atom. The highest BCUT2D eigenvalue weighted by molar-refractivity contribution is 5.94. The summed E-state index contributed by atoms with van der Waals surface area (Å²) < 4.78 is 10.0. The zero-order chi connectivity index (χ0) is 17.7. The number of nitrogens with one attached hydrogen (secondary N) is 1. The number of methoxy groups -OCH3 is 1. The molecule has 0 bridgehead atoms. The van der Waals surface area contributed by atoms with Crippen LogP contribution in [0.4, 0.5) is 16.2 Å². The lowest BCUT2D eigenvalue weighted by atomic mass is 10.1. The Morgan fingerprint density at radius 1 is 1.21 bits per heavy atom. The van der Waals surface area contributed by atoms with Gasteiger partial charge in [-0.2, -0.15) is 0 Å². The Morgan fingerprint density at radius 2 is 1.92 bits per heavy atom. The average molecular weight is 330 g/mol. The molecular formula is C18H22N2O4. The first-order valence-corrected chi connectivity index (χ1v) is 7.62. The molecule has 0 fully saturated rings. The molecule has 0 radical (unpaired) electrons. The largest absolute Gasteiger partial charge is 0.465 e. The quantitative estimate of drug-likeness (QED) is 0.860. The van der Waals surface area contributed by atoms with E-state index in [9.17, 15) is 9.59 Å². The topological polar surface area (TPSA) is 67.9 Å². The van der Waals surface area contributed by atoms with Crippen molar-refractivity contribution < 1.29 is 19.1 Å². The van der Waals surface area contributed by atoms with E-state index in [4.69, 9.17) is 9.47 Å². The third-order valence-electron chi connectivity index (χ3n) is 3.16. The molecule has 128 valence electrons. The molecule has 0 spiro atoms. The van der Waals surface area contributed by atoms with E-state index in [1.54, 1.807) is 39.1 Å². The van der Waals surface area contributed by atoms with Gasteiger partial charge in [-0.1, -0.05) is 18.2 Å². The van der Waals surface area contributed by atoms with Gasteiger partial charge in [0.25, 0.3) is 0 Å². The minimum Gasteiger partial charge on any atom is -0.465 e. The summed E-state index contributed by atoms with van der Waals surface area (Å²) in [5, 5.41) is 2.75. The number of nitrogens with zero attached hydrogens (tertiary/aromatic N) is 1. The number of amides is 1. The number of carbonyl (C=O) groups excluding carboxylic acids is 2. The molecule has 0 saturated heterocycles. The number of hydrogen-bond acceptors (Lipinski definition) is 5. The van der Waals surface area contributed by atoms with E-state index >= 15 is 0 Å². The molecule has 6 nitrogen and oxygen atoms in total. The van der Waals surface area contributed by atoms with Crippen LogP contribution in [-0.4, -0.2) is 31.3 Å². The third kappa shape index (κ3) is 4.62. The maximum absolute atomic E-state index is 12.0. The summed E-state index contributed by atoms with van der Waals surface area (Å²) in [6.07, 6.45) is 4.74. The highest BCUT2D eigenvalue weighted by Gasteiger charge is 2.19.